The third-order valence-electron chi connectivity index (χ3n) is 2.26. The fraction of sp³-hybridized carbons (Fsp3) is 0.214. The molecule has 1 aromatic carbocycles. The van der Waals surface area contributed by atoms with Crippen LogP contribution in [0.15, 0.2) is 42.5 Å². The van der Waals surface area contributed by atoms with Gasteiger partial charge in [-0.05, 0) is 36.8 Å². The first kappa shape index (κ1) is 12.2. The molecular formula is C14H16N2O2. The summed E-state index contributed by atoms with van der Waals surface area (Å²) in [6.45, 7) is 2.79. The number of ether oxygens (including phenoxy) is 2. The Morgan fingerprint density at radius 2 is 1.78 bits per heavy atom. The van der Waals surface area contributed by atoms with Crippen LogP contribution >= 0.6 is 0 Å². The van der Waals surface area contributed by atoms with E-state index < -0.39 is 0 Å². The van der Waals surface area contributed by atoms with E-state index in [9.17, 15) is 0 Å². The lowest BCUT2D eigenvalue weighted by molar-refractivity contribution is 0.317. The molecule has 18 heavy (non-hydrogen) atoms. The molecule has 2 aromatic rings. The van der Waals surface area contributed by atoms with E-state index in [4.69, 9.17) is 15.2 Å². The summed E-state index contributed by atoms with van der Waals surface area (Å²) in [6, 6.07) is 12.7. The number of anilines is 1. The van der Waals surface area contributed by atoms with Crippen molar-refractivity contribution in [3.63, 3.8) is 0 Å². The van der Waals surface area contributed by atoms with Gasteiger partial charge in [-0.3, -0.25) is 0 Å². The van der Waals surface area contributed by atoms with Crippen LogP contribution in [0.3, 0.4) is 0 Å². The first-order chi connectivity index (χ1) is 8.78. The lowest BCUT2D eigenvalue weighted by Gasteiger charge is -2.07. The summed E-state index contributed by atoms with van der Waals surface area (Å²) < 4.78 is 11.1. The molecule has 0 aliphatic carbocycles. The van der Waals surface area contributed by atoms with Crippen molar-refractivity contribution in [3.05, 3.63) is 42.5 Å². The van der Waals surface area contributed by atoms with E-state index in [-0.39, 0.29) is 0 Å². The number of pyridine rings is 1. The van der Waals surface area contributed by atoms with Crippen molar-refractivity contribution in [1.29, 1.82) is 0 Å². The summed E-state index contributed by atoms with van der Waals surface area (Å²) in [5, 5.41) is 0. The molecule has 4 nitrogen and oxygen atoms in total. The molecule has 1 heterocycles. The number of hydrogen-bond donors (Lipinski definition) is 1. The Kier molecular flexibility index (Phi) is 4.02. The zero-order chi connectivity index (χ0) is 12.8. The number of nitrogen functional groups attached to an aromatic ring is 1. The van der Waals surface area contributed by atoms with E-state index in [2.05, 4.69) is 11.9 Å². The highest BCUT2D eigenvalue weighted by atomic mass is 16.5. The van der Waals surface area contributed by atoms with Gasteiger partial charge in [0.2, 0.25) is 5.88 Å². The highest BCUT2D eigenvalue weighted by molar-refractivity contribution is 5.36. The van der Waals surface area contributed by atoms with Crippen molar-refractivity contribution in [1.82, 2.24) is 4.98 Å². The van der Waals surface area contributed by atoms with E-state index in [0.717, 1.165) is 18.8 Å². The molecule has 0 atom stereocenters. The summed E-state index contributed by atoms with van der Waals surface area (Å²) in [5.41, 5.74) is 5.58. The molecule has 0 aliphatic heterocycles. The Bertz CT molecular complexity index is 497. The molecular weight excluding hydrogens is 228 g/mol. The van der Waals surface area contributed by atoms with Crippen molar-refractivity contribution in [2.24, 2.45) is 0 Å². The Hall–Kier alpha value is -2.23. The van der Waals surface area contributed by atoms with E-state index in [1.807, 2.05) is 24.3 Å². The average Bonchev–Trinajstić information content (AvgIpc) is 2.38. The Morgan fingerprint density at radius 1 is 1.06 bits per heavy atom. The molecule has 2 rings (SSSR count). The Labute approximate surface area is 106 Å². The molecule has 0 fully saturated rings. The molecule has 0 aliphatic rings. The number of rotatable bonds is 5. The van der Waals surface area contributed by atoms with E-state index in [1.54, 1.807) is 18.2 Å². The van der Waals surface area contributed by atoms with Crippen LogP contribution in [0.1, 0.15) is 13.3 Å². The topological polar surface area (TPSA) is 57.4 Å². The van der Waals surface area contributed by atoms with E-state index in [0.29, 0.717) is 17.4 Å². The SMILES string of the molecule is CCCOc1ccc(Oc2cccc(N)n2)cc1. The molecule has 4 heteroatoms. The number of benzene rings is 1. The predicted octanol–water partition coefficient (Wildman–Crippen LogP) is 3.24. The van der Waals surface area contributed by atoms with Crippen molar-refractivity contribution in [2.75, 3.05) is 12.3 Å². The van der Waals surface area contributed by atoms with Crippen molar-refractivity contribution in [3.8, 4) is 17.4 Å². The maximum atomic E-state index is 5.58. The third-order valence-corrected chi connectivity index (χ3v) is 2.26. The van der Waals surface area contributed by atoms with Crippen LogP contribution < -0.4 is 15.2 Å². The minimum atomic E-state index is 0.440. The minimum absolute atomic E-state index is 0.440. The van der Waals surface area contributed by atoms with Gasteiger partial charge in [-0.15, -0.1) is 0 Å². The number of aromatic nitrogens is 1. The maximum absolute atomic E-state index is 5.58. The first-order valence-corrected chi connectivity index (χ1v) is 5.91. The van der Waals surface area contributed by atoms with Crippen LogP contribution in [0.25, 0.3) is 0 Å². The molecule has 0 saturated carbocycles. The third kappa shape index (κ3) is 3.38. The molecule has 0 amide bonds. The van der Waals surface area contributed by atoms with Gasteiger partial charge in [0.25, 0.3) is 0 Å². The Balaban J connectivity index is 2.02. The van der Waals surface area contributed by atoms with Crippen molar-refractivity contribution < 1.29 is 9.47 Å². The quantitative estimate of drug-likeness (QED) is 0.877. The zero-order valence-corrected chi connectivity index (χ0v) is 10.3. The predicted molar refractivity (Wildman–Crippen MR) is 71.0 cm³/mol. The molecule has 0 unspecified atom stereocenters. The molecule has 0 bridgehead atoms. The second-order valence-corrected chi connectivity index (χ2v) is 3.82. The van der Waals surface area contributed by atoms with Gasteiger partial charge in [0.15, 0.2) is 0 Å². The molecule has 2 N–H and O–H groups in total. The number of hydrogen-bond acceptors (Lipinski definition) is 4. The second kappa shape index (κ2) is 5.91. The monoisotopic (exact) mass is 244 g/mol. The van der Waals surface area contributed by atoms with Crippen molar-refractivity contribution in [2.45, 2.75) is 13.3 Å². The number of nitrogens with zero attached hydrogens (tertiary/aromatic N) is 1. The first-order valence-electron chi connectivity index (χ1n) is 5.91. The van der Waals surface area contributed by atoms with Gasteiger partial charge in [-0.1, -0.05) is 13.0 Å². The second-order valence-electron chi connectivity index (χ2n) is 3.82. The average molecular weight is 244 g/mol. The van der Waals surface area contributed by atoms with Crippen molar-refractivity contribution >= 4 is 5.82 Å². The zero-order valence-electron chi connectivity index (χ0n) is 10.3. The molecule has 94 valence electrons. The van der Waals surface area contributed by atoms with Gasteiger partial charge < -0.3 is 15.2 Å². The van der Waals surface area contributed by atoms with Gasteiger partial charge in [-0.2, -0.15) is 4.98 Å². The van der Waals surface area contributed by atoms with Crippen LogP contribution in [0.2, 0.25) is 0 Å². The highest BCUT2D eigenvalue weighted by Gasteiger charge is 2.00. The fourth-order valence-corrected chi connectivity index (χ4v) is 1.43. The molecule has 0 spiro atoms. The molecule has 1 aromatic heterocycles. The van der Waals surface area contributed by atoms with Gasteiger partial charge in [0.1, 0.15) is 17.3 Å². The smallest absolute Gasteiger partial charge is 0.221 e. The summed E-state index contributed by atoms with van der Waals surface area (Å²) in [4.78, 5) is 4.06. The van der Waals surface area contributed by atoms with Gasteiger partial charge >= 0.3 is 0 Å². The van der Waals surface area contributed by atoms with E-state index in [1.165, 1.54) is 0 Å². The lowest BCUT2D eigenvalue weighted by atomic mass is 10.3. The molecule has 0 saturated heterocycles. The summed E-state index contributed by atoms with van der Waals surface area (Å²) in [6.07, 6.45) is 0.992. The van der Waals surface area contributed by atoms with Gasteiger partial charge in [0, 0.05) is 6.07 Å². The summed E-state index contributed by atoms with van der Waals surface area (Å²) in [7, 11) is 0. The van der Waals surface area contributed by atoms with Crippen LogP contribution in [0.5, 0.6) is 17.4 Å². The Morgan fingerprint density at radius 3 is 2.44 bits per heavy atom. The van der Waals surface area contributed by atoms with Crippen LogP contribution in [-0.2, 0) is 0 Å². The van der Waals surface area contributed by atoms with Gasteiger partial charge in [-0.25, -0.2) is 0 Å². The molecule has 0 radical (unpaired) electrons. The van der Waals surface area contributed by atoms with E-state index >= 15 is 0 Å². The lowest BCUT2D eigenvalue weighted by Crippen LogP contribution is -1.95. The highest BCUT2D eigenvalue weighted by Crippen LogP contribution is 2.22. The number of nitrogens with two attached hydrogens (primary N) is 1. The maximum Gasteiger partial charge on any atom is 0.221 e. The van der Waals surface area contributed by atoms with Crippen LogP contribution in [0.4, 0.5) is 5.82 Å². The standard InChI is InChI=1S/C14H16N2O2/c1-2-10-17-11-6-8-12(9-7-11)18-14-5-3-4-13(15)16-14/h3-9H,2,10H2,1H3,(H2,15,16). The van der Waals surface area contributed by atoms with Gasteiger partial charge in [0.05, 0.1) is 6.61 Å². The largest absolute Gasteiger partial charge is 0.494 e. The van der Waals surface area contributed by atoms with Crippen LogP contribution in [-0.4, -0.2) is 11.6 Å². The summed E-state index contributed by atoms with van der Waals surface area (Å²) >= 11 is 0. The minimum Gasteiger partial charge on any atom is -0.494 e. The fourth-order valence-electron chi connectivity index (χ4n) is 1.43. The normalized spacial score (nSPS) is 10.1. The van der Waals surface area contributed by atoms with Crippen LogP contribution in [0, 0.1) is 0 Å². The summed E-state index contributed by atoms with van der Waals surface area (Å²) in [5.74, 6) is 2.47.